The maximum absolute atomic E-state index is 2.28. The van der Waals surface area contributed by atoms with E-state index < -0.39 is 0 Å². The van der Waals surface area contributed by atoms with Crippen LogP contribution in [0.5, 0.6) is 0 Å². The molecule has 0 aliphatic rings. The highest BCUT2D eigenvalue weighted by atomic mass is 31.1. The smallest absolute Gasteiger partial charge is 0.00999 e. The minimum atomic E-state index is 1.23. The number of hydrogen-bond acceptors (Lipinski definition) is 0. The van der Waals surface area contributed by atoms with Gasteiger partial charge >= 0.3 is 0 Å². The molecule has 0 amide bonds. The molecule has 0 aliphatic carbocycles. The first kappa shape index (κ1) is 15.8. The van der Waals surface area contributed by atoms with Crippen LogP contribution in [0.15, 0.2) is 109 Å². The largest absolute Gasteiger partial charge is 0.0622 e. The molecule has 4 aromatic rings. The quantitative estimate of drug-likeness (QED) is 0.406. The Hall–Kier alpha value is -2.69. The Morgan fingerprint density at radius 3 is 1.20 bits per heavy atom. The SMILES string of the molecule is c1ccc(-c2cccc([P]c3cccc(-c4ccccc4)c3)c2)cc1. The fraction of sp³-hybridized carbons (Fsp3) is 0. The lowest BCUT2D eigenvalue weighted by atomic mass is 10.1. The highest BCUT2D eigenvalue weighted by molar-refractivity contribution is 7.55. The highest BCUT2D eigenvalue weighted by Gasteiger charge is 2.03. The second-order valence-corrected chi connectivity index (χ2v) is 7.20. The van der Waals surface area contributed by atoms with Gasteiger partial charge in [0.05, 0.1) is 0 Å². The van der Waals surface area contributed by atoms with Crippen LogP contribution in [-0.4, -0.2) is 0 Å². The van der Waals surface area contributed by atoms with Crippen molar-refractivity contribution in [2.45, 2.75) is 0 Å². The van der Waals surface area contributed by atoms with Gasteiger partial charge in [0.15, 0.2) is 0 Å². The van der Waals surface area contributed by atoms with Gasteiger partial charge in [-0.15, -0.1) is 0 Å². The summed E-state index contributed by atoms with van der Waals surface area (Å²) in [5, 5.41) is 2.62. The molecular weight excluding hydrogens is 319 g/mol. The number of benzene rings is 4. The minimum Gasteiger partial charge on any atom is -0.0622 e. The third-order valence-corrected chi connectivity index (χ3v) is 5.24. The average molecular weight is 337 g/mol. The third-order valence-electron chi connectivity index (χ3n) is 4.16. The molecule has 0 N–H and O–H groups in total. The molecule has 119 valence electrons. The third kappa shape index (κ3) is 3.87. The molecule has 0 nitrogen and oxygen atoms in total. The summed E-state index contributed by atoms with van der Waals surface area (Å²) in [5.41, 5.74) is 5.06. The molecule has 0 aliphatic heterocycles. The van der Waals surface area contributed by atoms with Gasteiger partial charge in [-0.3, -0.25) is 0 Å². The lowest BCUT2D eigenvalue weighted by molar-refractivity contribution is 1.63. The van der Waals surface area contributed by atoms with E-state index in [1.165, 1.54) is 41.4 Å². The molecule has 4 aromatic carbocycles. The molecule has 1 radical (unpaired) electrons. The molecule has 0 unspecified atom stereocenters. The van der Waals surface area contributed by atoms with Crippen LogP contribution in [0.3, 0.4) is 0 Å². The summed E-state index contributed by atoms with van der Waals surface area (Å²) in [6, 6.07) is 38.7. The van der Waals surface area contributed by atoms with Crippen molar-refractivity contribution >= 4 is 19.2 Å². The van der Waals surface area contributed by atoms with E-state index >= 15 is 0 Å². The zero-order chi connectivity index (χ0) is 16.9. The van der Waals surface area contributed by atoms with Gasteiger partial charge in [-0.25, -0.2) is 0 Å². The molecule has 0 heterocycles. The topological polar surface area (TPSA) is 0 Å². The predicted molar refractivity (Wildman–Crippen MR) is 110 cm³/mol. The van der Waals surface area contributed by atoms with Crippen molar-refractivity contribution in [3.63, 3.8) is 0 Å². The summed E-state index contributed by atoms with van der Waals surface area (Å²) in [4.78, 5) is 0. The van der Waals surface area contributed by atoms with Crippen molar-refractivity contribution in [1.29, 1.82) is 0 Å². The summed E-state index contributed by atoms with van der Waals surface area (Å²) in [6.07, 6.45) is 0. The maximum Gasteiger partial charge on any atom is -0.00999 e. The van der Waals surface area contributed by atoms with Crippen molar-refractivity contribution < 1.29 is 0 Å². The maximum atomic E-state index is 2.28. The molecule has 25 heavy (non-hydrogen) atoms. The summed E-state index contributed by atoms with van der Waals surface area (Å²) in [5.74, 6) is 0. The van der Waals surface area contributed by atoms with Gasteiger partial charge in [0.25, 0.3) is 0 Å². The van der Waals surface area contributed by atoms with Crippen molar-refractivity contribution in [3.05, 3.63) is 109 Å². The van der Waals surface area contributed by atoms with Crippen LogP contribution in [0.2, 0.25) is 0 Å². The first-order chi connectivity index (χ1) is 12.4. The van der Waals surface area contributed by atoms with Gasteiger partial charge in [0.2, 0.25) is 0 Å². The molecular formula is C24H18P. The van der Waals surface area contributed by atoms with Gasteiger partial charge in [-0.2, -0.15) is 0 Å². The zero-order valence-corrected chi connectivity index (χ0v) is 14.7. The predicted octanol–water partition coefficient (Wildman–Crippen LogP) is 5.92. The molecule has 0 aromatic heterocycles. The normalized spacial score (nSPS) is 10.6. The van der Waals surface area contributed by atoms with E-state index in [1.54, 1.807) is 0 Å². The van der Waals surface area contributed by atoms with Crippen LogP contribution in [0.25, 0.3) is 22.3 Å². The van der Waals surface area contributed by atoms with E-state index in [4.69, 9.17) is 0 Å². The molecule has 4 rings (SSSR count). The lowest BCUT2D eigenvalue weighted by Crippen LogP contribution is -2.03. The zero-order valence-electron chi connectivity index (χ0n) is 13.8. The van der Waals surface area contributed by atoms with E-state index in [2.05, 4.69) is 109 Å². The van der Waals surface area contributed by atoms with Crippen LogP contribution in [0.1, 0.15) is 0 Å². The Morgan fingerprint density at radius 2 is 0.760 bits per heavy atom. The summed E-state index contributed by atoms with van der Waals surface area (Å²) in [6.45, 7) is 0. The van der Waals surface area contributed by atoms with Gasteiger partial charge in [-0.05, 0) is 53.6 Å². The van der Waals surface area contributed by atoms with Crippen LogP contribution in [0, 0.1) is 0 Å². The van der Waals surface area contributed by atoms with Crippen molar-refractivity contribution in [2.75, 3.05) is 0 Å². The van der Waals surface area contributed by atoms with Crippen LogP contribution in [-0.2, 0) is 0 Å². The van der Waals surface area contributed by atoms with Gasteiger partial charge in [0.1, 0.15) is 0 Å². The Labute approximate surface area is 151 Å². The molecule has 0 bridgehead atoms. The summed E-state index contributed by atoms with van der Waals surface area (Å²) < 4.78 is 0. The van der Waals surface area contributed by atoms with E-state index in [-0.39, 0.29) is 0 Å². The second kappa shape index (κ2) is 7.47. The molecule has 0 atom stereocenters. The van der Waals surface area contributed by atoms with E-state index in [0.717, 1.165) is 0 Å². The van der Waals surface area contributed by atoms with E-state index in [1.807, 2.05) is 0 Å². The van der Waals surface area contributed by atoms with Gasteiger partial charge in [0, 0.05) is 0 Å². The van der Waals surface area contributed by atoms with E-state index in [0.29, 0.717) is 0 Å². The number of hydrogen-bond donors (Lipinski definition) is 0. The first-order valence-corrected chi connectivity index (χ1v) is 9.31. The summed E-state index contributed by atoms with van der Waals surface area (Å²) in [7, 11) is 1.23. The molecule has 1 heteroatoms. The van der Waals surface area contributed by atoms with Crippen molar-refractivity contribution in [3.8, 4) is 22.3 Å². The fourth-order valence-corrected chi connectivity index (χ4v) is 3.95. The molecule has 0 saturated heterocycles. The standard InChI is InChI=1S/C24H18P/c1-3-9-19(10-4-1)21-13-7-15-23(17-21)25-24-16-8-14-22(18-24)20-11-5-2-6-12-20/h1-18H. The first-order valence-electron chi connectivity index (χ1n) is 8.41. The summed E-state index contributed by atoms with van der Waals surface area (Å²) >= 11 is 0. The van der Waals surface area contributed by atoms with Gasteiger partial charge < -0.3 is 0 Å². The Morgan fingerprint density at radius 1 is 0.360 bits per heavy atom. The molecule has 0 fully saturated rings. The van der Waals surface area contributed by atoms with E-state index in [9.17, 15) is 0 Å². The van der Waals surface area contributed by atoms with Crippen LogP contribution in [0.4, 0.5) is 0 Å². The average Bonchev–Trinajstić information content (AvgIpc) is 2.70. The Bertz CT molecular complexity index is 878. The van der Waals surface area contributed by atoms with Crippen LogP contribution < -0.4 is 10.6 Å². The Kier molecular flexibility index (Phi) is 4.72. The minimum absolute atomic E-state index is 1.23. The second-order valence-electron chi connectivity index (χ2n) is 5.94. The Balaban J connectivity index is 1.61. The fourth-order valence-electron chi connectivity index (χ4n) is 2.92. The lowest BCUT2D eigenvalue weighted by Gasteiger charge is -2.07. The molecule has 0 saturated carbocycles. The monoisotopic (exact) mass is 337 g/mol. The number of rotatable bonds is 4. The van der Waals surface area contributed by atoms with Crippen LogP contribution >= 0.6 is 8.58 Å². The van der Waals surface area contributed by atoms with Gasteiger partial charge in [-0.1, -0.05) is 97.1 Å². The van der Waals surface area contributed by atoms with Crippen molar-refractivity contribution in [2.24, 2.45) is 0 Å². The molecule has 0 spiro atoms. The van der Waals surface area contributed by atoms with Crippen molar-refractivity contribution in [1.82, 2.24) is 0 Å². The highest BCUT2D eigenvalue weighted by Crippen LogP contribution is 2.23.